The van der Waals surface area contributed by atoms with E-state index >= 15 is 0 Å². The molecule has 0 aromatic heterocycles. The minimum Gasteiger partial charge on any atom is -0.384 e. The van der Waals surface area contributed by atoms with Gasteiger partial charge in [-0.2, -0.15) is 0 Å². The summed E-state index contributed by atoms with van der Waals surface area (Å²) in [7, 11) is 0. The van der Waals surface area contributed by atoms with E-state index in [1.807, 2.05) is 0 Å². The predicted octanol–water partition coefficient (Wildman–Crippen LogP) is 3.94. The van der Waals surface area contributed by atoms with Crippen LogP contribution in [0.4, 0.5) is 28.0 Å². The Balaban J connectivity index is 1.37. The number of carbonyl (C=O) groups excluding carboxylic acids is 1. The van der Waals surface area contributed by atoms with Crippen molar-refractivity contribution in [2.45, 2.75) is 12.1 Å². The molecule has 0 radical (unpaired) electrons. The van der Waals surface area contributed by atoms with Gasteiger partial charge in [0.05, 0.1) is 5.56 Å². The van der Waals surface area contributed by atoms with Gasteiger partial charge >= 0.3 is 6.03 Å². The number of amides is 2. The second-order valence-electron chi connectivity index (χ2n) is 9.59. The molecule has 3 aromatic rings. The highest BCUT2D eigenvalue weighted by Crippen LogP contribution is 2.44. The molecule has 0 aliphatic carbocycles. The van der Waals surface area contributed by atoms with Crippen LogP contribution in [-0.2, 0) is 12.1 Å². The zero-order valence-corrected chi connectivity index (χ0v) is 19.8. The molecule has 3 atom stereocenters. The number of hydrogen-bond donors (Lipinski definition) is 4. The van der Waals surface area contributed by atoms with E-state index in [0.717, 1.165) is 18.2 Å². The smallest absolute Gasteiger partial charge is 0.321 e. The fourth-order valence-electron chi connectivity index (χ4n) is 5.48. The van der Waals surface area contributed by atoms with Crippen LogP contribution in [0, 0.1) is 35.1 Å². The Kier molecular flexibility index (Phi) is 6.65. The average Bonchev–Trinajstić information content (AvgIpc) is 2.83. The lowest BCUT2D eigenvalue weighted by Gasteiger charge is -2.53. The number of carbonyl (C=O) groups is 1. The first-order valence-electron chi connectivity index (χ1n) is 11.9. The highest BCUT2D eigenvalue weighted by molar-refractivity contribution is 5.89. The number of nitrogens with one attached hydrogen (secondary N) is 2. The largest absolute Gasteiger partial charge is 0.384 e. The van der Waals surface area contributed by atoms with Crippen LogP contribution in [0.5, 0.6) is 0 Å². The number of urea groups is 1. The fraction of sp³-hybridized carbons (Fsp3) is 0.296. The number of nitrogens with zero attached hydrogens (tertiary/aromatic N) is 1. The minimum atomic E-state index is -1.29. The standard InChI is InChI=1S/C27H26F4N4O2/c28-20-7-21(29)9-22(8-20)34-26(36)35-13-18-11-33-12-19(14-35)27(18,37)17-3-1-16(2-4-17)25-23(30)5-15(10-32)6-24(25)31/h1-9,18-19,33,37H,10-14,32H2,(H,34,36)/t18-,19+,27-. The average molecular weight is 515 g/mol. The predicted molar refractivity (Wildman–Crippen MR) is 130 cm³/mol. The molecule has 0 spiro atoms. The molecule has 194 valence electrons. The highest BCUT2D eigenvalue weighted by Gasteiger charge is 2.52. The van der Waals surface area contributed by atoms with Gasteiger partial charge in [0.25, 0.3) is 0 Å². The van der Waals surface area contributed by atoms with Crippen molar-refractivity contribution in [3.8, 4) is 11.1 Å². The Bertz CT molecular complexity index is 1280. The number of rotatable bonds is 4. The van der Waals surface area contributed by atoms with E-state index in [-0.39, 0.29) is 30.9 Å². The molecule has 5 N–H and O–H groups in total. The van der Waals surface area contributed by atoms with Crippen molar-refractivity contribution in [2.24, 2.45) is 17.6 Å². The zero-order chi connectivity index (χ0) is 26.3. The van der Waals surface area contributed by atoms with Gasteiger partial charge in [-0.25, -0.2) is 22.4 Å². The maximum absolute atomic E-state index is 14.6. The molecular weight excluding hydrogens is 488 g/mol. The summed E-state index contributed by atoms with van der Waals surface area (Å²) in [6.07, 6.45) is 0. The Morgan fingerprint density at radius 3 is 2.08 bits per heavy atom. The summed E-state index contributed by atoms with van der Waals surface area (Å²) in [6, 6.07) is 11.1. The molecule has 2 saturated heterocycles. The lowest BCUT2D eigenvalue weighted by Crippen LogP contribution is -2.65. The molecule has 6 nitrogen and oxygen atoms in total. The van der Waals surface area contributed by atoms with E-state index in [1.165, 1.54) is 17.0 Å². The van der Waals surface area contributed by atoms with E-state index in [0.29, 0.717) is 29.8 Å². The Morgan fingerprint density at radius 1 is 0.973 bits per heavy atom. The summed E-state index contributed by atoms with van der Waals surface area (Å²) in [6.45, 7) is 1.25. The van der Waals surface area contributed by atoms with Crippen LogP contribution in [0.25, 0.3) is 11.1 Å². The molecule has 37 heavy (non-hydrogen) atoms. The summed E-state index contributed by atoms with van der Waals surface area (Å²) in [5.41, 5.74) is 5.30. The van der Waals surface area contributed by atoms with Gasteiger partial charge in [0.2, 0.25) is 0 Å². The number of hydrogen-bond acceptors (Lipinski definition) is 4. The van der Waals surface area contributed by atoms with Crippen molar-refractivity contribution in [1.82, 2.24) is 10.2 Å². The van der Waals surface area contributed by atoms with Crippen LogP contribution in [0.15, 0.2) is 54.6 Å². The number of likely N-dealkylation sites (tertiary alicyclic amines) is 1. The topological polar surface area (TPSA) is 90.6 Å². The van der Waals surface area contributed by atoms with E-state index in [4.69, 9.17) is 5.73 Å². The first-order valence-corrected chi connectivity index (χ1v) is 11.9. The van der Waals surface area contributed by atoms with Crippen molar-refractivity contribution in [1.29, 1.82) is 0 Å². The van der Waals surface area contributed by atoms with E-state index < -0.39 is 46.7 Å². The number of nitrogens with two attached hydrogens (primary N) is 1. The first kappa shape index (κ1) is 25.2. The molecule has 10 heteroatoms. The van der Waals surface area contributed by atoms with Crippen LogP contribution in [0.3, 0.4) is 0 Å². The van der Waals surface area contributed by atoms with Crippen molar-refractivity contribution < 1.29 is 27.5 Å². The normalized spacial score (nSPS) is 23.1. The third-order valence-electron chi connectivity index (χ3n) is 7.28. The van der Waals surface area contributed by atoms with Crippen molar-refractivity contribution >= 4 is 11.7 Å². The second kappa shape index (κ2) is 9.77. The first-order chi connectivity index (χ1) is 17.7. The lowest BCUT2D eigenvalue weighted by atomic mass is 9.67. The molecule has 2 fully saturated rings. The number of halogens is 4. The Hall–Kier alpha value is -3.47. The van der Waals surface area contributed by atoms with Crippen LogP contribution in [-0.4, -0.2) is 42.2 Å². The van der Waals surface area contributed by atoms with E-state index in [9.17, 15) is 27.5 Å². The van der Waals surface area contributed by atoms with Gasteiger partial charge in [-0.05, 0) is 41.0 Å². The molecule has 2 aliphatic heterocycles. The molecular formula is C27H26F4N4O2. The monoisotopic (exact) mass is 514 g/mol. The summed E-state index contributed by atoms with van der Waals surface area (Å²) in [4.78, 5) is 14.4. The molecule has 3 aromatic carbocycles. The van der Waals surface area contributed by atoms with Crippen LogP contribution < -0.4 is 16.4 Å². The fourth-order valence-corrected chi connectivity index (χ4v) is 5.48. The molecule has 2 aliphatic rings. The molecule has 5 rings (SSSR count). The van der Waals surface area contributed by atoms with Gasteiger partial charge in [0.15, 0.2) is 0 Å². The summed E-state index contributed by atoms with van der Waals surface area (Å²) in [5.74, 6) is -3.82. The Morgan fingerprint density at radius 2 is 1.54 bits per heavy atom. The number of anilines is 1. The quantitative estimate of drug-likeness (QED) is 0.397. The summed E-state index contributed by atoms with van der Waals surface area (Å²) >= 11 is 0. The maximum Gasteiger partial charge on any atom is 0.321 e. The van der Waals surface area contributed by atoms with Gasteiger partial charge in [-0.1, -0.05) is 24.3 Å². The minimum absolute atomic E-state index is 0.00108. The number of piperidine rings is 2. The molecule has 2 heterocycles. The molecule has 0 saturated carbocycles. The van der Waals surface area contributed by atoms with Crippen LogP contribution >= 0.6 is 0 Å². The summed E-state index contributed by atoms with van der Waals surface area (Å²) < 4.78 is 56.2. The molecule has 2 bridgehead atoms. The van der Waals surface area contributed by atoms with Crippen LogP contribution in [0.2, 0.25) is 0 Å². The van der Waals surface area contributed by atoms with Crippen molar-refractivity contribution in [3.63, 3.8) is 0 Å². The lowest BCUT2D eigenvalue weighted by molar-refractivity contribution is -0.129. The zero-order valence-electron chi connectivity index (χ0n) is 19.8. The number of aliphatic hydroxyl groups is 1. The SMILES string of the molecule is NCc1cc(F)c(-c2ccc([C@@]3(O)[C@@H]4CNC[C@H]3CN(C(=O)Nc3cc(F)cc(F)c3)C4)cc2)c(F)c1. The van der Waals surface area contributed by atoms with E-state index in [1.54, 1.807) is 24.3 Å². The number of benzene rings is 3. The van der Waals surface area contributed by atoms with Gasteiger partial charge in [-0.3, -0.25) is 0 Å². The van der Waals surface area contributed by atoms with Crippen molar-refractivity contribution in [2.75, 3.05) is 31.5 Å². The summed E-state index contributed by atoms with van der Waals surface area (Å²) in [5, 5.41) is 17.7. The molecule has 2 amide bonds. The number of fused-ring (bicyclic) bond motifs is 2. The van der Waals surface area contributed by atoms with Gasteiger partial charge < -0.3 is 26.4 Å². The van der Waals surface area contributed by atoms with Crippen molar-refractivity contribution in [3.05, 3.63) is 89.0 Å². The second-order valence-corrected chi connectivity index (χ2v) is 9.59. The van der Waals surface area contributed by atoms with E-state index in [2.05, 4.69) is 10.6 Å². The molecule has 0 unspecified atom stereocenters. The Labute approximate surface area is 211 Å². The van der Waals surface area contributed by atoms with Gasteiger partial charge in [0.1, 0.15) is 28.9 Å². The van der Waals surface area contributed by atoms with Crippen LogP contribution in [0.1, 0.15) is 11.1 Å². The maximum atomic E-state index is 14.6. The van der Waals surface area contributed by atoms with Gasteiger partial charge in [0, 0.05) is 56.3 Å². The third kappa shape index (κ3) is 4.68. The van der Waals surface area contributed by atoms with Gasteiger partial charge in [-0.15, -0.1) is 0 Å². The highest BCUT2D eigenvalue weighted by atomic mass is 19.1. The third-order valence-corrected chi connectivity index (χ3v) is 7.28.